The minimum Gasteiger partial charge on any atom is -0.372 e. The standard InChI is InChI=1S/C13H21ClN2/c1-5-10(2)16(4)13-8-6-7-12(14)11(13)9-15-3/h6-8,10,15H,5,9H2,1-4H3. The van der Waals surface area contributed by atoms with Gasteiger partial charge in [-0.05, 0) is 32.5 Å². The maximum absolute atomic E-state index is 6.23. The molecule has 3 heteroatoms. The average molecular weight is 241 g/mol. The first-order valence-electron chi connectivity index (χ1n) is 5.76. The van der Waals surface area contributed by atoms with Gasteiger partial charge in [0.1, 0.15) is 0 Å². The quantitative estimate of drug-likeness (QED) is 0.850. The Bertz CT molecular complexity index is 339. The van der Waals surface area contributed by atoms with E-state index in [1.165, 1.54) is 11.3 Å². The second-order valence-corrected chi connectivity index (χ2v) is 4.54. The van der Waals surface area contributed by atoms with Crippen molar-refractivity contribution in [3.63, 3.8) is 0 Å². The van der Waals surface area contributed by atoms with Crippen LogP contribution < -0.4 is 10.2 Å². The first-order chi connectivity index (χ1) is 7.61. The van der Waals surface area contributed by atoms with Gasteiger partial charge < -0.3 is 10.2 Å². The van der Waals surface area contributed by atoms with Crippen LogP contribution in [-0.4, -0.2) is 20.1 Å². The Kier molecular flexibility index (Phi) is 5.10. The van der Waals surface area contributed by atoms with E-state index < -0.39 is 0 Å². The second-order valence-electron chi connectivity index (χ2n) is 4.14. The van der Waals surface area contributed by atoms with Crippen molar-refractivity contribution in [1.29, 1.82) is 0 Å². The molecule has 0 aromatic heterocycles. The normalized spacial score (nSPS) is 12.6. The van der Waals surface area contributed by atoms with Crippen molar-refractivity contribution in [2.24, 2.45) is 0 Å². The van der Waals surface area contributed by atoms with E-state index in [4.69, 9.17) is 11.6 Å². The Morgan fingerprint density at radius 1 is 1.44 bits per heavy atom. The first-order valence-corrected chi connectivity index (χ1v) is 6.14. The summed E-state index contributed by atoms with van der Waals surface area (Å²) in [5.74, 6) is 0. The van der Waals surface area contributed by atoms with E-state index in [2.05, 4.69) is 37.2 Å². The van der Waals surface area contributed by atoms with Crippen molar-refractivity contribution >= 4 is 17.3 Å². The molecule has 0 saturated carbocycles. The minimum absolute atomic E-state index is 0.522. The van der Waals surface area contributed by atoms with E-state index in [0.717, 1.165) is 18.0 Å². The molecule has 1 atom stereocenters. The molecular formula is C13H21ClN2. The summed E-state index contributed by atoms with van der Waals surface area (Å²) in [6, 6.07) is 6.61. The fourth-order valence-corrected chi connectivity index (χ4v) is 1.98. The largest absolute Gasteiger partial charge is 0.372 e. The van der Waals surface area contributed by atoms with Crippen molar-refractivity contribution in [1.82, 2.24) is 5.32 Å². The number of rotatable bonds is 5. The molecule has 0 amide bonds. The van der Waals surface area contributed by atoms with Gasteiger partial charge in [0.2, 0.25) is 0 Å². The molecule has 90 valence electrons. The van der Waals surface area contributed by atoms with Crippen LogP contribution in [0.4, 0.5) is 5.69 Å². The summed E-state index contributed by atoms with van der Waals surface area (Å²) in [6.45, 7) is 5.23. The van der Waals surface area contributed by atoms with Gasteiger partial charge in [-0.25, -0.2) is 0 Å². The summed E-state index contributed by atoms with van der Waals surface area (Å²) in [7, 11) is 4.06. The molecule has 1 N–H and O–H groups in total. The van der Waals surface area contributed by atoms with Gasteiger partial charge in [-0.15, -0.1) is 0 Å². The molecule has 0 aliphatic heterocycles. The molecule has 1 aromatic carbocycles. The predicted octanol–water partition coefficient (Wildman–Crippen LogP) is 3.29. The molecule has 0 bridgehead atoms. The fraction of sp³-hybridized carbons (Fsp3) is 0.538. The summed E-state index contributed by atoms with van der Waals surface area (Å²) in [5.41, 5.74) is 2.39. The zero-order chi connectivity index (χ0) is 12.1. The minimum atomic E-state index is 0.522. The Morgan fingerprint density at radius 2 is 2.12 bits per heavy atom. The first kappa shape index (κ1) is 13.3. The predicted molar refractivity (Wildman–Crippen MR) is 72.4 cm³/mol. The van der Waals surface area contributed by atoms with Crippen LogP contribution >= 0.6 is 11.6 Å². The van der Waals surface area contributed by atoms with Crippen LogP contribution in [0.15, 0.2) is 18.2 Å². The highest BCUT2D eigenvalue weighted by molar-refractivity contribution is 6.31. The summed E-state index contributed by atoms with van der Waals surface area (Å²) in [6.07, 6.45) is 1.13. The SMILES string of the molecule is CCC(C)N(C)c1cccc(Cl)c1CNC. The number of anilines is 1. The Balaban J connectivity index is 3.06. The molecule has 0 saturated heterocycles. The van der Waals surface area contributed by atoms with Crippen LogP contribution in [-0.2, 0) is 6.54 Å². The third kappa shape index (κ3) is 2.89. The van der Waals surface area contributed by atoms with Gasteiger partial charge in [0.15, 0.2) is 0 Å². The van der Waals surface area contributed by atoms with Crippen LogP contribution in [0, 0.1) is 0 Å². The highest BCUT2D eigenvalue weighted by atomic mass is 35.5. The number of hydrogen-bond acceptors (Lipinski definition) is 2. The van der Waals surface area contributed by atoms with Crippen molar-refractivity contribution in [2.75, 3.05) is 19.0 Å². The number of halogens is 1. The highest BCUT2D eigenvalue weighted by Gasteiger charge is 2.13. The molecule has 1 unspecified atom stereocenters. The van der Waals surface area contributed by atoms with Gasteiger partial charge in [-0.3, -0.25) is 0 Å². The summed E-state index contributed by atoms with van der Waals surface area (Å²) in [4.78, 5) is 2.29. The topological polar surface area (TPSA) is 15.3 Å². The van der Waals surface area contributed by atoms with Crippen LogP contribution in [0.2, 0.25) is 5.02 Å². The van der Waals surface area contributed by atoms with Crippen molar-refractivity contribution < 1.29 is 0 Å². The molecule has 16 heavy (non-hydrogen) atoms. The molecule has 1 rings (SSSR count). The third-order valence-corrected chi connectivity index (χ3v) is 3.43. The molecule has 0 spiro atoms. The maximum Gasteiger partial charge on any atom is 0.0471 e. The van der Waals surface area contributed by atoms with Gasteiger partial charge >= 0.3 is 0 Å². The second kappa shape index (κ2) is 6.12. The van der Waals surface area contributed by atoms with Gasteiger partial charge in [-0.1, -0.05) is 24.6 Å². The zero-order valence-electron chi connectivity index (χ0n) is 10.5. The van der Waals surface area contributed by atoms with E-state index >= 15 is 0 Å². The smallest absolute Gasteiger partial charge is 0.0471 e. The lowest BCUT2D eigenvalue weighted by Crippen LogP contribution is -2.29. The molecule has 0 radical (unpaired) electrons. The Hall–Kier alpha value is -0.730. The van der Waals surface area contributed by atoms with E-state index in [1.54, 1.807) is 0 Å². The molecular weight excluding hydrogens is 220 g/mol. The highest BCUT2D eigenvalue weighted by Crippen LogP contribution is 2.28. The van der Waals surface area contributed by atoms with E-state index in [0.29, 0.717) is 6.04 Å². The average Bonchev–Trinajstić information content (AvgIpc) is 2.30. The Morgan fingerprint density at radius 3 is 2.69 bits per heavy atom. The van der Waals surface area contributed by atoms with Crippen LogP contribution in [0.25, 0.3) is 0 Å². The maximum atomic E-state index is 6.23. The van der Waals surface area contributed by atoms with Crippen LogP contribution in [0.5, 0.6) is 0 Å². The number of nitrogens with zero attached hydrogens (tertiary/aromatic N) is 1. The number of nitrogens with one attached hydrogen (secondary N) is 1. The van der Waals surface area contributed by atoms with E-state index in [1.807, 2.05) is 19.2 Å². The van der Waals surface area contributed by atoms with E-state index in [-0.39, 0.29) is 0 Å². The lowest BCUT2D eigenvalue weighted by molar-refractivity contribution is 0.659. The molecule has 2 nitrogen and oxygen atoms in total. The Labute approximate surface area is 104 Å². The summed E-state index contributed by atoms with van der Waals surface area (Å²) in [5, 5.41) is 4.00. The molecule has 0 fully saturated rings. The van der Waals surface area contributed by atoms with Crippen LogP contribution in [0.3, 0.4) is 0 Å². The van der Waals surface area contributed by atoms with Gasteiger partial charge in [-0.2, -0.15) is 0 Å². The van der Waals surface area contributed by atoms with Crippen molar-refractivity contribution in [2.45, 2.75) is 32.9 Å². The van der Waals surface area contributed by atoms with Crippen LogP contribution in [0.1, 0.15) is 25.8 Å². The summed E-state index contributed by atoms with van der Waals surface area (Å²) < 4.78 is 0. The lowest BCUT2D eigenvalue weighted by atomic mass is 10.1. The van der Waals surface area contributed by atoms with Gasteiger partial charge in [0.25, 0.3) is 0 Å². The molecule has 0 heterocycles. The van der Waals surface area contributed by atoms with Gasteiger partial charge in [0, 0.05) is 35.9 Å². The molecule has 0 aliphatic carbocycles. The molecule has 0 aliphatic rings. The summed E-state index contributed by atoms with van der Waals surface area (Å²) >= 11 is 6.23. The van der Waals surface area contributed by atoms with E-state index in [9.17, 15) is 0 Å². The number of hydrogen-bond donors (Lipinski definition) is 1. The lowest BCUT2D eigenvalue weighted by Gasteiger charge is -2.28. The van der Waals surface area contributed by atoms with Crippen molar-refractivity contribution in [3.05, 3.63) is 28.8 Å². The van der Waals surface area contributed by atoms with Gasteiger partial charge in [0.05, 0.1) is 0 Å². The molecule has 1 aromatic rings. The zero-order valence-corrected chi connectivity index (χ0v) is 11.3. The number of benzene rings is 1. The fourth-order valence-electron chi connectivity index (χ4n) is 1.74. The third-order valence-electron chi connectivity index (χ3n) is 3.08. The monoisotopic (exact) mass is 240 g/mol. The van der Waals surface area contributed by atoms with Crippen molar-refractivity contribution in [3.8, 4) is 0 Å².